The van der Waals surface area contributed by atoms with Gasteiger partial charge in [0.15, 0.2) is 0 Å². The summed E-state index contributed by atoms with van der Waals surface area (Å²) in [5, 5.41) is 0.573. The van der Waals surface area contributed by atoms with Crippen molar-refractivity contribution in [3.8, 4) is 5.75 Å². The number of ether oxygens (including phenoxy) is 1. The van der Waals surface area contributed by atoms with E-state index in [1.807, 2.05) is 24.3 Å². The third-order valence-electron chi connectivity index (χ3n) is 4.37. The Hall–Kier alpha value is -2.53. The van der Waals surface area contributed by atoms with Crippen LogP contribution >= 0.6 is 11.6 Å². The molecule has 1 aliphatic heterocycles. The van der Waals surface area contributed by atoms with E-state index in [2.05, 4.69) is 0 Å². The molecule has 3 rings (SSSR count). The Labute approximate surface area is 151 Å². The van der Waals surface area contributed by atoms with Crippen LogP contribution in [0.3, 0.4) is 0 Å². The van der Waals surface area contributed by atoms with Gasteiger partial charge in [-0.1, -0.05) is 17.7 Å². The molecule has 0 bridgehead atoms. The largest absolute Gasteiger partial charge is 0.497 e. The number of rotatable bonds is 3. The first-order chi connectivity index (χ1) is 12.0. The number of methoxy groups -OCH3 is 1. The molecule has 0 aliphatic carbocycles. The van der Waals surface area contributed by atoms with Crippen molar-refractivity contribution in [1.29, 1.82) is 0 Å². The molecule has 1 saturated heterocycles. The minimum absolute atomic E-state index is 0.109. The summed E-state index contributed by atoms with van der Waals surface area (Å²) >= 11 is 5.87. The molecule has 5 nitrogen and oxygen atoms in total. The molecule has 0 unspecified atom stereocenters. The van der Waals surface area contributed by atoms with Crippen molar-refractivity contribution in [3.63, 3.8) is 0 Å². The SMILES string of the molecule is COc1cccc(N2CCN(C(=O)c3ccc(Cl)cc3)[C@H](C)C2=O)c1. The van der Waals surface area contributed by atoms with Crippen molar-refractivity contribution in [2.24, 2.45) is 0 Å². The number of amides is 2. The minimum Gasteiger partial charge on any atom is -0.497 e. The summed E-state index contributed by atoms with van der Waals surface area (Å²) in [5.41, 5.74) is 1.30. The van der Waals surface area contributed by atoms with Gasteiger partial charge in [0.2, 0.25) is 5.91 Å². The van der Waals surface area contributed by atoms with Gasteiger partial charge in [-0.2, -0.15) is 0 Å². The summed E-state index contributed by atoms with van der Waals surface area (Å²) in [7, 11) is 1.59. The molecule has 130 valence electrons. The molecule has 1 atom stereocenters. The van der Waals surface area contributed by atoms with Gasteiger partial charge in [-0.3, -0.25) is 9.59 Å². The van der Waals surface area contributed by atoms with Crippen LogP contribution in [0.25, 0.3) is 0 Å². The Morgan fingerprint density at radius 3 is 2.56 bits per heavy atom. The predicted molar refractivity (Wildman–Crippen MR) is 97.3 cm³/mol. The number of carbonyl (C=O) groups excluding carboxylic acids is 2. The van der Waals surface area contributed by atoms with Crippen LogP contribution in [0.15, 0.2) is 48.5 Å². The van der Waals surface area contributed by atoms with Crippen LogP contribution in [0.4, 0.5) is 5.69 Å². The van der Waals surface area contributed by atoms with E-state index < -0.39 is 6.04 Å². The quantitative estimate of drug-likeness (QED) is 0.846. The number of halogens is 1. The van der Waals surface area contributed by atoms with Crippen molar-refractivity contribution in [3.05, 3.63) is 59.1 Å². The number of hydrogen-bond donors (Lipinski definition) is 0. The Morgan fingerprint density at radius 2 is 1.88 bits per heavy atom. The monoisotopic (exact) mass is 358 g/mol. The Bertz CT molecular complexity index is 792. The molecule has 1 aliphatic rings. The third kappa shape index (κ3) is 3.46. The number of hydrogen-bond acceptors (Lipinski definition) is 3. The molecule has 2 amide bonds. The van der Waals surface area contributed by atoms with Gasteiger partial charge in [-0.05, 0) is 43.3 Å². The van der Waals surface area contributed by atoms with Gasteiger partial charge in [0.1, 0.15) is 11.8 Å². The van der Waals surface area contributed by atoms with Gasteiger partial charge in [0.05, 0.1) is 7.11 Å². The fourth-order valence-electron chi connectivity index (χ4n) is 2.94. The van der Waals surface area contributed by atoms with Crippen molar-refractivity contribution in [2.75, 3.05) is 25.1 Å². The Morgan fingerprint density at radius 1 is 1.16 bits per heavy atom. The molecule has 6 heteroatoms. The molecule has 25 heavy (non-hydrogen) atoms. The molecule has 2 aromatic rings. The number of piperazine rings is 1. The zero-order valence-electron chi connectivity index (χ0n) is 14.1. The van der Waals surface area contributed by atoms with Crippen LogP contribution in [0.2, 0.25) is 5.02 Å². The molecular formula is C19H19ClN2O3. The van der Waals surface area contributed by atoms with Crippen LogP contribution in [-0.2, 0) is 4.79 Å². The highest BCUT2D eigenvalue weighted by atomic mass is 35.5. The lowest BCUT2D eigenvalue weighted by Gasteiger charge is -2.39. The maximum absolute atomic E-state index is 12.8. The highest BCUT2D eigenvalue weighted by Gasteiger charge is 2.35. The summed E-state index contributed by atoms with van der Waals surface area (Å²) in [5.74, 6) is 0.419. The van der Waals surface area contributed by atoms with Crippen molar-refractivity contribution in [1.82, 2.24) is 4.90 Å². The van der Waals surface area contributed by atoms with Crippen LogP contribution in [0.5, 0.6) is 5.75 Å². The van der Waals surface area contributed by atoms with E-state index >= 15 is 0 Å². The smallest absolute Gasteiger partial charge is 0.254 e. The van der Waals surface area contributed by atoms with Crippen molar-refractivity contribution in [2.45, 2.75) is 13.0 Å². The van der Waals surface area contributed by atoms with E-state index in [-0.39, 0.29) is 11.8 Å². The first kappa shape index (κ1) is 17.3. The van der Waals surface area contributed by atoms with Gasteiger partial charge in [0, 0.05) is 35.4 Å². The van der Waals surface area contributed by atoms with E-state index in [4.69, 9.17) is 16.3 Å². The second-order valence-corrected chi connectivity index (χ2v) is 6.31. The average Bonchev–Trinajstić information content (AvgIpc) is 2.64. The van der Waals surface area contributed by atoms with Gasteiger partial charge in [-0.25, -0.2) is 0 Å². The highest BCUT2D eigenvalue weighted by molar-refractivity contribution is 6.30. The van der Waals surface area contributed by atoms with Crippen LogP contribution in [-0.4, -0.2) is 43.0 Å². The lowest BCUT2D eigenvalue weighted by molar-refractivity contribution is -0.124. The van der Waals surface area contributed by atoms with E-state index in [1.54, 1.807) is 48.1 Å². The summed E-state index contributed by atoms with van der Waals surface area (Å²) in [6, 6.07) is 13.5. The number of anilines is 1. The van der Waals surface area contributed by atoms with Crippen molar-refractivity contribution < 1.29 is 14.3 Å². The zero-order valence-corrected chi connectivity index (χ0v) is 14.9. The molecule has 0 aromatic heterocycles. The van der Waals surface area contributed by atoms with Gasteiger partial charge in [-0.15, -0.1) is 0 Å². The fourth-order valence-corrected chi connectivity index (χ4v) is 3.07. The third-order valence-corrected chi connectivity index (χ3v) is 4.62. The lowest BCUT2D eigenvalue weighted by atomic mass is 10.1. The summed E-state index contributed by atoms with van der Waals surface area (Å²) in [6.07, 6.45) is 0. The summed E-state index contributed by atoms with van der Waals surface area (Å²) in [4.78, 5) is 28.8. The fraction of sp³-hybridized carbons (Fsp3) is 0.263. The van der Waals surface area contributed by atoms with E-state index in [9.17, 15) is 9.59 Å². The topological polar surface area (TPSA) is 49.9 Å². The maximum Gasteiger partial charge on any atom is 0.254 e. The van der Waals surface area contributed by atoms with Crippen molar-refractivity contribution >= 4 is 29.1 Å². The highest BCUT2D eigenvalue weighted by Crippen LogP contribution is 2.25. The zero-order chi connectivity index (χ0) is 18.0. The molecular weight excluding hydrogens is 340 g/mol. The number of carbonyl (C=O) groups is 2. The first-order valence-corrected chi connectivity index (χ1v) is 8.41. The molecule has 1 fully saturated rings. The first-order valence-electron chi connectivity index (χ1n) is 8.03. The molecule has 0 spiro atoms. The second kappa shape index (κ2) is 7.15. The number of benzene rings is 2. The minimum atomic E-state index is -0.539. The molecule has 1 heterocycles. The van der Waals surface area contributed by atoms with Gasteiger partial charge >= 0.3 is 0 Å². The Balaban J connectivity index is 1.79. The molecule has 0 radical (unpaired) electrons. The van der Waals surface area contributed by atoms with E-state index in [1.165, 1.54) is 0 Å². The molecule has 0 N–H and O–H groups in total. The molecule has 0 saturated carbocycles. The van der Waals surface area contributed by atoms with E-state index in [0.717, 1.165) is 5.69 Å². The van der Waals surface area contributed by atoms with Gasteiger partial charge in [0.25, 0.3) is 5.91 Å². The maximum atomic E-state index is 12.8. The summed E-state index contributed by atoms with van der Waals surface area (Å²) < 4.78 is 5.22. The molecule has 2 aromatic carbocycles. The summed E-state index contributed by atoms with van der Waals surface area (Å²) in [6.45, 7) is 2.66. The predicted octanol–water partition coefficient (Wildman–Crippen LogP) is 3.23. The van der Waals surface area contributed by atoms with Crippen LogP contribution in [0.1, 0.15) is 17.3 Å². The second-order valence-electron chi connectivity index (χ2n) is 5.87. The van der Waals surface area contributed by atoms with E-state index in [0.29, 0.717) is 29.4 Å². The standard InChI is InChI=1S/C19H19ClN2O3/c1-13-18(23)22(16-4-3-5-17(12-16)25-2)11-10-21(13)19(24)14-6-8-15(20)9-7-14/h3-9,12-13H,10-11H2,1-2H3/t13-/m1/s1. The number of nitrogens with zero attached hydrogens (tertiary/aromatic N) is 2. The van der Waals surface area contributed by atoms with Crippen LogP contribution < -0.4 is 9.64 Å². The lowest BCUT2D eigenvalue weighted by Crippen LogP contribution is -2.57. The normalized spacial score (nSPS) is 17.6. The van der Waals surface area contributed by atoms with Crippen LogP contribution in [0, 0.1) is 0 Å². The average molecular weight is 359 g/mol. The Kier molecular flexibility index (Phi) is 4.95. The van der Waals surface area contributed by atoms with Gasteiger partial charge < -0.3 is 14.5 Å².